The van der Waals surface area contributed by atoms with Crippen LogP contribution in [-0.2, 0) is 16.6 Å². The first-order chi connectivity index (χ1) is 22.9. The number of Topliss-reactive ketones (excluding diaryl/α,β-unsaturated/α-hetero) is 1. The quantitative estimate of drug-likeness (QED) is 0.147. The normalized spacial score (nSPS) is 12.1. The van der Waals surface area contributed by atoms with E-state index >= 15 is 0 Å². The minimum Gasteiger partial charge on any atom is -0.326 e. The molecule has 3 heteroatoms. The Morgan fingerprint density at radius 2 is 1.23 bits per heavy atom. The molecule has 5 aromatic carbocycles. The number of aryl methyl sites for hydroxylation is 3. The van der Waals surface area contributed by atoms with Crippen molar-refractivity contribution in [2.24, 2.45) is 0 Å². The van der Waals surface area contributed by atoms with E-state index in [0.717, 1.165) is 51.9 Å². The van der Waals surface area contributed by atoms with E-state index in [1.807, 2.05) is 36.4 Å². The Morgan fingerprint density at radius 1 is 0.688 bits per heavy atom. The van der Waals surface area contributed by atoms with Gasteiger partial charge >= 0.3 is 0 Å². The van der Waals surface area contributed by atoms with Crippen LogP contribution in [0.15, 0.2) is 109 Å². The molecule has 48 heavy (non-hydrogen) atoms. The van der Waals surface area contributed by atoms with E-state index in [1.165, 1.54) is 27.8 Å². The molecule has 5 aromatic rings. The smallest absolute Gasteiger partial charge is 0.232 e. The fourth-order valence-corrected chi connectivity index (χ4v) is 6.56. The SMILES string of the molecule is CCCCC(=O)c1ccc(C[C@@H](C(=O)Nc2ccc(-c3c(C)cc(C)cc3C)cc2)c2ccc(-c3ccc(C(C)(C)C)cc3)cc2)cc1. The molecule has 0 fully saturated rings. The van der Waals surface area contributed by atoms with Gasteiger partial charge in [-0.2, -0.15) is 0 Å². The third-order valence-electron chi connectivity index (χ3n) is 9.31. The average molecular weight is 636 g/mol. The highest BCUT2D eigenvalue weighted by Gasteiger charge is 2.22. The number of hydrogen-bond donors (Lipinski definition) is 1. The van der Waals surface area contributed by atoms with Crippen LogP contribution >= 0.6 is 0 Å². The van der Waals surface area contributed by atoms with E-state index in [4.69, 9.17) is 0 Å². The van der Waals surface area contributed by atoms with E-state index in [9.17, 15) is 9.59 Å². The lowest BCUT2D eigenvalue weighted by atomic mass is 9.86. The van der Waals surface area contributed by atoms with Crippen LogP contribution in [0.1, 0.15) is 96.6 Å². The molecular weight excluding hydrogens is 587 g/mol. The molecule has 5 rings (SSSR count). The van der Waals surface area contributed by atoms with Crippen LogP contribution in [0.4, 0.5) is 5.69 Å². The van der Waals surface area contributed by atoms with Crippen molar-refractivity contribution in [2.45, 2.75) is 85.5 Å². The molecule has 0 aliphatic rings. The first-order valence-corrected chi connectivity index (χ1v) is 17.2. The van der Waals surface area contributed by atoms with Crippen molar-refractivity contribution >= 4 is 17.4 Å². The largest absolute Gasteiger partial charge is 0.326 e. The lowest BCUT2D eigenvalue weighted by Gasteiger charge is -2.20. The van der Waals surface area contributed by atoms with Gasteiger partial charge in [0, 0.05) is 17.7 Å². The van der Waals surface area contributed by atoms with Crippen molar-refractivity contribution in [1.29, 1.82) is 0 Å². The van der Waals surface area contributed by atoms with Crippen LogP contribution in [0, 0.1) is 20.8 Å². The molecule has 0 saturated carbocycles. The predicted octanol–water partition coefficient (Wildman–Crippen LogP) is 11.6. The van der Waals surface area contributed by atoms with Crippen molar-refractivity contribution in [3.8, 4) is 22.3 Å². The third-order valence-corrected chi connectivity index (χ3v) is 9.31. The van der Waals surface area contributed by atoms with Crippen molar-refractivity contribution in [3.05, 3.63) is 148 Å². The van der Waals surface area contributed by atoms with Gasteiger partial charge in [-0.25, -0.2) is 0 Å². The van der Waals surface area contributed by atoms with Gasteiger partial charge in [-0.3, -0.25) is 9.59 Å². The lowest BCUT2D eigenvalue weighted by molar-refractivity contribution is -0.117. The fraction of sp³-hybridized carbons (Fsp3) is 0.289. The monoisotopic (exact) mass is 635 g/mol. The zero-order chi connectivity index (χ0) is 34.4. The standard InChI is InChI=1S/C45H49NO2/c1-8-9-10-42(47)37-13-11-33(12-14-37)29-41(36-17-15-34(16-18-36)35-19-23-39(24-20-35)45(5,6)7)44(48)46-40-25-21-38(22-26-40)43-31(3)27-30(2)28-32(43)4/h11-28,41H,8-10,29H2,1-7H3,(H,46,48)/t41-/m1/s1. The Bertz CT molecular complexity index is 1830. The zero-order valence-electron chi connectivity index (χ0n) is 29.6. The number of anilines is 1. The Morgan fingerprint density at radius 3 is 1.77 bits per heavy atom. The molecular formula is C45H49NO2. The highest BCUT2D eigenvalue weighted by atomic mass is 16.2. The second kappa shape index (κ2) is 15.0. The lowest BCUT2D eigenvalue weighted by Crippen LogP contribution is -2.23. The molecule has 1 N–H and O–H groups in total. The molecule has 0 aromatic heterocycles. The first kappa shape index (κ1) is 34.6. The predicted molar refractivity (Wildman–Crippen MR) is 202 cm³/mol. The summed E-state index contributed by atoms with van der Waals surface area (Å²) in [5.74, 6) is -0.302. The van der Waals surface area contributed by atoms with E-state index in [-0.39, 0.29) is 17.1 Å². The summed E-state index contributed by atoms with van der Waals surface area (Å²) >= 11 is 0. The fourth-order valence-electron chi connectivity index (χ4n) is 6.56. The molecule has 0 aliphatic carbocycles. The summed E-state index contributed by atoms with van der Waals surface area (Å²) in [5.41, 5.74) is 13.3. The van der Waals surface area contributed by atoms with Crippen molar-refractivity contribution in [2.75, 3.05) is 5.32 Å². The number of hydrogen-bond acceptors (Lipinski definition) is 2. The number of benzene rings is 5. The highest BCUT2D eigenvalue weighted by molar-refractivity contribution is 5.97. The molecule has 0 saturated heterocycles. The van der Waals surface area contributed by atoms with E-state index in [1.54, 1.807) is 0 Å². The molecule has 1 atom stereocenters. The summed E-state index contributed by atoms with van der Waals surface area (Å²) < 4.78 is 0. The molecule has 0 unspecified atom stereocenters. The summed E-state index contributed by atoms with van der Waals surface area (Å²) in [5, 5.41) is 3.20. The van der Waals surface area contributed by atoms with Crippen LogP contribution in [0.5, 0.6) is 0 Å². The molecule has 0 bridgehead atoms. The minimum absolute atomic E-state index is 0.0594. The first-order valence-electron chi connectivity index (χ1n) is 17.2. The zero-order valence-corrected chi connectivity index (χ0v) is 29.6. The number of ketones is 1. The van der Waals surface area contributed by atoms with Crippen LogP contribution in [0.2, 0.25) is 0 Å². The van der Waals surface area contributed by atoms with Gasteiger partial charge < -0.3 is 5.32 Å². The van der Waals surface area contributed by atoms with Gasteiger partial charge in [0.1, 0.15) is 0 Å². The summed E-state index contributed by atoms with van der Waals surface area (Å²) in [4.78, 5) is 26.6. The second-order valence-electron chi connectivity index (χ2n) is 14.3. The van der Waals surface area contributed by atoms with Crippen molar-refractivity contribution in [3.63, 3.8) is 0 Å². The Labute approximate surface area is 287 Å². The van der Waals surface area contributed by atoms with Gasteiger partial charge in [-0.05, 0) is 101 Å². The van der Waals surface area contributed by atoms with Crippen LogP contribution in [-0.4, -0.2) is 11.7 Å². The van der Waals surface area contributed by atoms with Crippen LogP contribution in [0.3, 0.4) is 0 Å². The average Bonchev–Trinajstić information content (AvgIpc) is 3.06. The van der Waals surface area contributed by atoms with E-state index < -0.39 is 5.92 Å². The number of amides is 1. The van der Waals surface area contributed by atoms with Gasteiger partial charge in [0.2, 0.25) is 5.91 Å². The Kier molecular flexibility index (Phi) is 10.8. The minimum atomic E-state index is -0.412. The third kappa shape index (κ3) is 8.39. The summed E-state index contributed by atoms with van der Waals surface area (Å²) in [6, 6.07) is 37.5. The van der Waals surface area contributed by atoms with Crippen molar-refractivity contribution < 1.29 is 9.59 Å². The molecule has 0 radical (unpaired) electrons. The molecule has 0 aliphatic heterocycles. The molecule has 246 valence electrons. The number of rotatable bonds is 11. The molecule has 0 heterocycles. The molecule has 1 amide bonds. The van der Waals surface area contributed by atoms with Gasteiger partial charge in [0.25, 0.3) is 0 Å². The van der Waals surface area contributed by atoms with Gasteiger partial charge in [0.05, 0.1) is 5.92 Å². The highest BCUT2D eigenvalue weighted by Crippen LogP contribution is 2.32. The number of unbranched alkanes of at least 4 members (excludes halogenated alkanes) is 1. The van der Waals surface area contributed by atoms with Gasteiger partial charge in [-0.1, -0.05) is 137 Å². The maximum absolute atomic E-state index is 14.0. The summed E-state index contributed by atoms with van der Waals surface area (Å²) in [7, 11) is 0. The second-order valence-corrected chi connectivity index (χ2v) is 14.3. The van der Waals surface area contributed by atoms with Crippen LogP contribution in [0.25, 0.3) is 22.3 Å². The Balaban J connectivity index is 1.40. The summed E-state index contributed by atoms with van der Waals surface area (Å²) in [6.07, 6.45) is 2.98. The maximum Gasteiger partial charge on any atom is 0.232 e. The van der Waals surface area contributed by atoms with Gasteiger partial charge in [-0.15, -0.1) is 0 Å². The topological polar surface area (TPSA) is 46.2 Å². The summed E-state index contributed by atoms with van der Waals surface area (Å²) in [6.45, 7) is 15.2. The van der Waals surface area contributed by atoms with Crippen LogP contribution < -0.4 is 5.32 Å². The molecule has 0 spiro atoms. The maximum atomic E-state index is 14.0. The van der Waals surface area contributed by atoms with Gasteiger partial charge in [0.15, 0.2) is 5.78 Å². The Hall–Kier alpha value is -4.76. The number of carbonyl (C=O) groups is 2. The number of carbonyl (C=O) groups excluding carboxylic acids is 2. The van der Waals surface area contributed by atoms with Crippen molar-refractivity contribution in [1.82, 2.24) is 0 Å². The number of nitrogens with one attached hydrogen (secondary N) is 1. The van der Waals surface area contributed by atoms with E-state index in [0.29, 0.717) is 12.8 Å². The van der Waals surface area contributed by atoms with E-state index in [2.05, 4.69) is 127 Å². The molecule has 3 nitrogen and oxygen atoms in total.